The third-order valence-corrected chi connectivity index (χ3v) is 7.19. The average Bonchev–Trinajstić information content (AvgIpc) is 2.78. The summed E-state index contributed by atoms with van der Waals surface area (Å²) < 4.78 is 0. The second kappa shape index (κ2) is 14.8. The molecule has 0 bridgehead atoms. The summed E-state index contributed by atoms with van der Waals surface area (Å²) in [6.45, 7) is 23.0. The van der Waals surface area contributed by atoms with E-state index in [1.165, 1.54) is 26.1 Å². The van der Waals surface area contributed by atoms with E-state index >= 15 is 0 Å². The average molecular weight is 473 g/mol. The molecule has 7 heteroatoms. The van der Waals surface area contributed by atoms with Crippen LogP contribution in [-0.2, 0) is 4.79 Å². The lowest BCUT2D eigenvalue weighted by atomic mass is 9.69. The third kappa shape index (κ3) is 9.11. The van der Waals surface area contributed by atoms with Crippen molar-refractivity contribution in [3.8, 4) is 0 Å². The molecule has 1 fully saturated rings. The maximum absolute atomic E-state index is 12.3. The smallest absolute Gasteiger partial charge is 0.249 e. The Labute approximate surface area is 207 Å². The number of nitrogens with two attached hydrogens (primary N) is 1. The first-order valence-electron chi connectivity index (χ1n) is 12.4. The predicted molar refractivity (Wildman–Crippen MR) is 145 cm³/mol. The number of likely N-dealkylation sites (N-methyl/N-ethyl adjacent to an activating group) is 1. The van der Waals surface area contributed by atoms with Gasteiger partial charge in [0.2, 0.25) is 5.91 Å². The maximum Gasteiger partial charge on any atom is 0.249 e. The Kier molecular flexibility index (Phi) is 12.9. The molecule has 192 valence electrons. The maximum atomic E-state index is 12.3. The Morgan fingerprint density at radius 2 is 2.12 bits per heavy atom. The molecule has 0 aromatic rings. The van der Waals surface area contributed by atoms with E-state index in [4.69, 9.17) is 10.8 Å². The lowest BCUT2D eigenvalue weighted by Crippen LogP contribution is -2.37. The van der Waals surface area contributed by atoms with Gasteiger partial charge in [-0.15, -0.1) is 6.58 Å². The molecule has 1 saturated heterocycles. The van der Waals surface area contributed by atoms with Gasteiger partial charge in [0, 0.05) is 49.9 Å². The number of rotatable bonds is 8. The van der Waals surface area contributed by atoms with E-state index in [0.717, 1.165) is 24.4 Å². The minimum absolute atomic E-state index is 0.0279. The molecule has 2 atom stereocenters. The molecule has 2 unspecified atom stereocenters. The summed E-state index contributed by atoms with van der Waals surface area (Å²) in [6.07, 6.45) is 10.0. The van der Waals surface area contributed by atoms with Gasteiger partial charge in [0.05, 0.1) is 0 Å². The van der Waals surface area contributed by atoms with Gasteiger partial charge in [-0.1, -0.05) is 52.5 Å². The van der Waals surface area contributed by atoms with Crippen LogP contribution in [0.2, 0.25) is 0 Å². The minimum atomic E-state index is -0.174. The number of amides is 1. The summed E-state index contributed by atoms with van der Waals surface area (Å²) >= 11 is 0. The van der Waals surface area contributed by atoms with Gasteiger partial charge >= 0.3 is 0 Å². The van der Waals surface area contributed by atoms with Crippen LogP contribution < -0.4 is 21.9 Å². The topological polar surface area (TPSA) is 94.8 Å². The van der Waals surface area contributed by atoms with Gasteiger partial charge in [-0.3, -0.25) is 15.6 Å². The van der Waals surface area contributed by atoms with Gasteiger partial charge in [-0.2, -0.15) is 0 Å². The highest BCUT2D eigenvalue weighted by Gasteiger charge is 2.33. The number of likely N-dealkylation sites (tertiary alicyclic amines) is 1. The highest BCUT2D eigenvalue weighted by molar-refractivity contribution is 6.00. The van der Waals surface area contributed by atoms with Crippen molar-refractivity contribution >= 4 is 11.7 Å². The standard InChI is InChI=1S/C20H35N5O.C7H13N/c1-13(2)20(6)12-23-18(24-15(4)10-8-9-14(20)3)11-17(16(5)25-21)19(26)22-7;1-2-3-5-8-6-4-7-8/h8-9,13-14,25H,4,10-12,21H2,1-3,5-7H3,(H,22,26)(H,23,24);2H,1,3-7H2/b9-8-,17-16+;. The SMILES string of the molecule is C=C1C/C=C\C(C)C(C)(C(C)C)CN=C(C/C(C(=O)NC)=C(/C)NN)N1.C=CCCN1CCC1. The number of hydrogen-bond acceptors (Lipinski definition) is 6. The minimum Gasteiger partial charge on any atom is -0.355 e. The number of amidine groups is 1. The van der Waals surface area contributed by atoms with Crippen molar-refractivity contribution < 1.29 is 4.79 Å². The van der Waals surface area contributed by atoms with Gasteiger partial charge in [-0.05, 0) is 50.1 Å². The fourth-order valence-electron chi connectivity index (χ4n) is 3.81. The fraction of sp³-hybridized carbons (Fsp3) is 0.630. The van der Waals surface area contributed by atoms with Crippen LogP contribution in [-0.4, -0.2) is 49.9 Å². The summed E-state index contributed by atoms with van der Waals surface area (Å²) in [6, 6.07) is 0. The number of nitrogens with zero attached hydrogens (tertiary/aromatic N) is 2. The molecule has 0 aromatic heterocycles. The Morgan fingerprint density at radius 3 is 2.62 bits per heavy atom. The number of nitrogens with one attached hydrogen (secondary N) is 3. The lowest BCUT2D eigenvalue weighted by molar-refractivity contribution is -0.117. The normalized spacial score (nSPS) is 24.9. The van der Waals surface area contributed by atoms with E-state index in [-0.39, 0.29) is 11.3 Å². The first-order valence-corrected chi connectivity index (χ1v) is 12.4. The number of allylic oxidation sites excluding steroid dienone is 3. The number of carbonyl (C=O) groups is 1. The van der Waals surface area contributed by atoms with Crippen molar-refractivity contribution in [2.75, 3.05) is 33.2 Å². The first kappa shape index (κ1) is 29.7. The molecule has 7 nitrogen and oxygen atoms in total. The van der Waals surface area contributed by atoms with E-state index < -0.39 is 0 Å². The molecular weight excluding hydrogens is 424 g/mol. The summed E-state index contributed by atoms with van der Waals surface area (Å²) in [4.78, 5) is 19.6. The van der Waals surface area contributed by atoms with Crippen LogP contribution in [0.4, 0.5) is 0 Å². The number of carbonyl (C=O) groups excluding carboxylic acids is 1. The van der Waals surface area contributed by atoms with Crippen LogP contribution in [0.5, 0.6) is 0 Å². The Bertz CT molecular complexity index is 778. The molecular formula is C27H48N6O. The molecule has 0 saturated carbocycles. The second-order valence-corrected chi connectivity index (χ2v) is 9.85. The van der Waals surface area contributed by atoms with Crippen LogP contribution in [0.25, 0.3) is 0 Å². The Morgan fingerprint density at radius 1 is 1.44 bits per heavy atom. The molecule has 2 rings (SSSR count). The molecule has 0 spiro atoms. The van der Waals surface area contributed by atoms with Gasteiger partial charge < -0.3 is 21.0 Å². The van der Waals surface area contributed by atoms with E-state index in [0.29, 0.717) is 36.1 Å². The number of hydrazine groups is 1. The molecule has 0 aromatic carbocycles. The van der Waals surface area contributed by atoms with Gasteiger partial charge in [-0.25, -0.2) is 0 Å². The van der Waals surface area contributed by atoms with Crippen LogP contribution in [0.15, 0.2) is 53.3 Å². The highest BCUT2D eigenvalue weighted by Crippen LogP contribution is 2.37. The van der Waals surface area contributed by atoms with Crippen LogP contribution in [0.1, 0.15) is 60.3 Å². The van der Waals surface area contributed by atoms with Crippen molar-refractivity contribution in [1.29, 1.82) is 0 Å². The third-order valence-electron chi connectivity index (χ3n) is 7.19. The van der Waals surface area contributed by atoms with Gasteiger partial charge in [0.1, 0.15) is 5.84 Å². The van der Waals surface area contributed by atoms with Crippen molar-refractivity contribution in [2.45, 2.75) is 60.3 Å². The summed E-state index contributed by atoms with van der Waals surface area (Å²) in [7, 11) is 1.61. The van der Waals surface area contributed by atoms with Gasteiger partial charge in [0.25, 0.3) is 0 Å². The molecule has 0 aliphatic carbocycles. The zero-order valence-electron chi connectivity index (χ0n) is 22.3. The van der Waals surface area contributed by atoms with Crippen molar-refractivity contribution in [1.82, 2.24) is 21.0 Å². The number of aliphatic imine (C=N–C) groups is 1. The van der Waals surface area contributed by atoms with E-state index in [9.17, 15) is 4.79 Å². The van der Waals surface area contributed by atoms with E-state index in [1.807, 2.05) is 6.08 Å². The Hall–Kier alpha value is -2.38. The summed E-state index contributed by atoms with van der Waals surface area (Å²) in [5.74, 6) is 6.94. The van der Waals surface area contributed by atoms with Crippen LogP contribution in [0.3, 0.4) is 0 Å². The quantitative estimate of drug-likeness (QED) is 0.186. The van der Waals surface area contributed by atoms with Crippen LogP contribution in [0, 0.1) is 17.3 Å². The largest absolute Gasteiger partial charge is 0.355 e. The molecule has 1 amide bonds. The zero-order chi connectivity index (χ0) is 25.7. The van der Waals surface area contributed by atoms with E-state index in [2.05, 4.69) is 74.0 Å². The van der Waals surface area contributed by atoms with E-state index in [1.54, 1.807) is 14.0 Å². The predicted octanol–water partition coefficient (Wildman–Crippen LogP) is 3.89. The molecule has 5 N–H and O–H groups in total. The molecule has 0 radical (unpaired) electrons. The van der Waals surface area contributed by atoms with Crippen molar-refractivity contribution in [3.63, 3.8) is 0 Å². The highest BCUT2D eigenvalue weighted by atomic mass is 16.1. The molecule has 2 aliphatic heterocycles. The van der Waals surface area contributed by atoms with Crippen LogP contribution >= 0.6 is 0 Å². The van der Waals surface area contributed by atoms with Gasteiger partial charge in [0.15, 0.2) is 0 Å². The fourth-order valence-corrected chi connectivity index (χ4v) is 3.81. The lowest BCUT2D eigenvalue weighted by Gasteiger charge is -2.37. The summed E-state index contributed by atoms with van der Waals surface area (Å²) in [5.41, 5.74) is 4.64. The molecule has 34 heavy (non-hydrogen) atoms. The first-order chi connectivity index (χ1) is 16.1. The molecule has 2 aliphatic rings. The summed E-state index contributed by atoms with van der Waals surface area (Å²) in [5, 5.41) is 5.95. The van der Waals surface area contributed by atoms with Crippen molar-refractivity contribution in [2.24, 2.45) is 28.1 Å². The number of hydrogen-bond donors (Lipinski definition) is 4. The molecule has 2 heterocycles. The van der Waals surface area contributed by atoms with Crippen molar-refractivity contribution in [3.05, 3.63) is 48.4 Å². The zero-order valence-corrected chi connectivity index (χ0v) is 22.3. The Balaban J connectivity index is 0.000000605. The second-order valence-electron chi connectivity index (χ2n) is 9.85. The monoisotopic (exact) mass is 472 g/mol.